The van der Waals surface area contributed by atoms with Gasteiger partial charge in [0.15, 0.2) is 0 Å². The average molecular weight is 271 g/mol. The van der Waals surface area contributed by atoms with Crippen molar-refractivity contribution in [1.29, 1.82) is 0 Å². The van der Waals surface area contributed by atoms with Crippen molar-refractivity contribution in [2.75, 3.05) is 20.3 Å². The summed E-state index contributed by atoms with van der Waals surface area (Å²) in [5.74, 6) is 0. The van der Waals surface area contributed by atoms with Crippen LogP contribution in [-0.2, 0) is 11.3 Å². The molecular weight excluding hydrogens is 250 g/mol. The van der Waals surface area contributed by atoms with Crippen molar-refractivity contribution >= 4 is 0 Å². The normalized spacial score (nSPS) is 18.6. The van der Waals surface area contributed by atoms with Crippen molar-refractivity contribution in [2.24, 2.45) is 0 Å². The van der Waals surface area contributed by atoms with E-state index in [4.69, 9.17) is 4.74 Å². The first kappa shape index (κ1) is 13.3. The van der Waals surface area contributed by atoms with Crippen LogP contribution in [0.3, 0.4) is 0 Å². The van der Waals surface area contributed by atoms with Crippen molar-refractivity contribution in [1.82, 2.24) is 14.9 Å². The lowest BCUT2D eigenvalue weighted by Gasteiger charge is -2.17. The van der Waals surface area contributed by atoms with E-state index in [1.807, 2.05) is 12.5 Å². The van der Waals surface area contributed by atoms with E-state index in [1.54, 1.807) is 7.11 Å². The summed E-state index contributed by atoms with van der Waals surface area (Å²) in [6, 6.07) is 9.11. The van der Waals surface area contributed by atoms with E-state index in [2.05, 4.69) is 39.1 Å². The summed E-state index contributed by atoms with van der Waals surface area (Å²) in [6.45, 7) is 2.65. The summed E-state index contributed by atoms with van der Waals surface area (Å²) in [5.41, 5.74) is 3.83. The molecule has 106 valence electrons. The highest BCUT2D eigenvalue weighted by atomic mass is 16.5. The van der Waals surface area contributed by atoms with Crippen LogP contribution in [0.2, 0.25) is 0 Å². The highest BCUT2D eigenvalue weighted by Gasteiger charge is 2.20. The van der Waals surface area contributed by atoms with Gasteiger partial charge < -0.3 is 14.6 Å². The van der Waals surface area contributed by atoms with Gasteiger partial charge in [0.05, 0.1) is 24.8 Å². The van der Waals surface area contributed by atoms with E-state index < -0.39 is 0 Å². The Bertz CT molecular complexity index is 558. The second-order valence-electron chi connectivity index (χ2n) is 5.20. The Labute approximate surface area is 119 Å². The first-order valence-electron chi connectivity index (χ1n) is 7.22. The Morgan fingerprint density at radius 3 is 3.10 bits per heavy atom. The molecule has 20 heavy (non-hydrogen) atoms. The molecule has 0 saturated carbocycles. The van der Waals surface area contributed by atoms with Gasteiger partial charge >= 0.3 is 0 Å². The lowest BCUT2D eigenvalue weighted by atomic mass is 9.97. The first-order valence-corrected chi connectivity index (χ1v) is 7.22. The van der Waals surface area contributed by atoms with Crippen LogP contribution in [0.25, 0.3) is 11.3 Å². The maximum atomic E-state index is 5.18. The van der Waals surface area contributed by atoms with Gasteiger partial charge in [-0.05, 0) is 24.9 Å². The lowest BCUT2D eigenvalue weighted by molar-refractivity contribution is 0.187. The highest BCUT2D eigenvalue weighted by Crippen LogP contribution is 2.32. The molecule has 3 rings (SSSR count). The zero-order valence-electron chi connectivity index (χ0n) is 11.9. The smallest absolute Gasteiger partial charge is 0.0951 e. The van der Waals surface area contributed by atoms with Gasteiger partial charge in [-0.3, -0.25) is 0 Å². The zero-order chi connectivity index (χ0) is 13.8. The van der Waals surface area contributed by atoms with E-state index in [0.29, 0.717) is 12.6 Å². The van der Waals surface area contributed by atoms with E-state index in [9.17, 15) is 0 Å². The van der Waals surface area contributed by atoms with Crippen LogP contribution < -0.4 is 5.32 Å². The highest BCUT2D eigenvalue weighted by molar-refractivity contribution is 5.64. The van der Waals surface area contributed by atoms with Crippen molar-refractivity contribution in [3.8, 4) is 11.3 Å². The maximum Gasteiger partial charge on any atom is 0.0951 e. The van der Waals surface area contributed by atoms with Crippen molar-refractivity contribution in [3.63, 3.8) is 0 Å². The van der Waals surface area contributed by atoms with Gasteiger partial charge in [0, 0.05) is 25.3 Å². The molecule has 1 unspecified atom stereocenters. The van der Waals surface area contributed by atoms with Gasteiger partial charge in [0.1, 0.15) is 0 Å². The van der Waals surface area contributed by atoms with Crippen LogP contribution in [-0.4, -0.2) is 29.8 Å². The molecular formula is C16H21N3O. The molecule has 0 bridgehead atoms. The molecule has 0 radical (unpaired) electrons. The Morgan fingerprint density at radius 2 is 2.30 bits per heavy atom. The van der Waals surface area contributed by atoms with E-state index in [-0.39, 0.29) is 0 Å². The molecule has 1 aromatic carbocycles. The third-order valence-electron chi connectivity index (χ3n) is 3.92. The van der Waals surface area contributed by atoms with Crippen molar-refractivity contribution in [3.05, 3.63) is 42.4 Å². The minimum atomic E-state index is 0.469. The molecule has 1 aliphatic rings. The predicted molar refractivity (Wildman–Crippen MR) is 79.5 cm³/mol. The SMILES string of the molecule is COCCn1cncc1-c1ccccc1C1CCCN1. The van der Waals surface area contributed by atoms with E-state index >= 15 is 0 Å². The molecule has 1 fully saturated rings. The van der Waals surface area contributed by atoms with Crippen LogP contribution in [0.4, 0.5) is 0 Å². The van der Waals surface area contributed by atoms with Crippen molar-refractivity contribution in [2.45, 2.75) is 25.4 Å². The monoisotopic (exact) mass is 271 g/mol. The fraction of sp³-hybridized carbons (Fsp3) is 0.438. The van der Waals surface area contributed by atoms with E-state index in [1.165, 1.54) is 29.7 Å². The van der Waals surface area contributed by atoms with Crippen LogP contribution in [0.1, 0.15) is 24.4 Å². The molecule has 0 aliphatic carbocycles. The quantitative estimate of drug-likeness (QED) is 0.908. The predicted octanol–water partition coefficient (Wildman–Crippen LogP) is 2.62. The van der Waals surface area contributed by atoms with Gasteiger partial charge in [-0.25, -0.2) is 4.98 Å². The summed E-state index contributed by atoms with van der Waals surface area (Å²) in [4.78, 5) is 4.31. The van der Waals surface area contributed by atoms with Gasteiger partial charge in [-0.15, -0.1) is 0 Å². The molecule has 1 aliphatic heterocycles. The minimum Gasteiger partial charge on any atom is -0.383 e. The largest absolute Gasteiger partial charge is 0.383 e. The fourth-order valence-electron chi connectivity index (χ4n) is 2.90. The molecule has 1 atom stereocenters. The van der Waals surface area contributed by atoms with Crippen LogP contribution in [0.15, 0.2) is 36.8 Å². The topological polar surface area (TPSA) is 39.1 Å². The van der Waals surface area contributed by atoms with Gasteiger partial charge in [-0.1, -0.05) is 24.3 Å². The Hall–Kier alpha value is -1.65. The first-order chi connectivity index (χ1) is 9.90. The third kappa shape index (κ3) is 2.62. The summed E-state index contributed by atoms with van der Waals surface area (Å²) in [6.07, 6.45) is 6.29. The second-order valence-corrected chi connectivity index (χ2v) is 5.20. The number of nitrogens with one attached hydrogen (secondary N) is 1. The molecule has 0 amide bonds. The van der Waals surface area contributed by atoms with E-state index in [0.717, 1.165) is 13.1 Å². The lowest BCUT2D eigenvalue weighted by Crippen LogP contribution is -2.14. The number of imidazole rings is 1. The number of hydrogen-bond donors (Lipinski definition) is 1. The molecule has 0 spiro atoms. The molecule has 1 N–H and O–H groups in total. The third-order valence-corrected chi connectivity index (χ3v) is 3.92. The van der Waals surface area contributed by atoms with Crippen LogP contribution >= 0.6 is 0 Å². The number of rotatable bonds is 5. The van der Waals surface area contributed by atoms with Gasteiger partial charge in [-0.2, -0.15) is 0 Å². The second kappa shape index (κ2) is 6.20. The number of nitrogens with zero attached hydrogens (tertiary/aromatic N) is 2. The average Bonchev–Trinajstić information content (AvgIpc) is 3.16. The van der Waals surface area contributed by atoms with Crippen LogP contribution in [0, 0.1) is 0 Å². The zero-order valence-corrected chi connectivity index (χ0v) is 11.9. The standard InChI is InChI=1S/C16H21N3O/c1-20-10-9-19-12-17-11-16(19)14-6-3-2-5-13(14)15-7-4-8-18-15/h2-3,5-6,11-12,15,18H,4,7-10H2,1H3. The Kier molecular flexibility index (Phi) is 4.14. The van der Waals surface area contributed by atoms with Gasteiger partial charge in [0.2, 0.25) is 0 Å². The fourth-order valence-corrected chi connectivity index (χ4v) is 2.90. The van der Waals surface area contributed by atoms with Crippen LogP contribution in [0.5, 0.6) is 0 Å². The number of hydrogen-bond acceptors (Lipinski definition) is 3. The number of methoxy groups -OCH3 is 1. The molecule has 4 nitrogen and oxygen atoms in total. The Balaban J connectivity index is 1.95. The van der Waals surface area contributed by atoms with Gasteiger partial charge in [0.25, 0.3) is 0 Å². The summed E-state index contributed by atoms with van der Waals surface area (Å²) in [5, 5.41) is 3.58. The molecule has 2 aromatic rings. The van der Waals surface area contributed by atoms with Crippen molar-refractivity contribution < 1.29 is 4.74 Å². The molecule has 1 aromatic heterocycles. The number of ether oxygens (including phenoxy) is 1. The number of benzene rings is 1. The molecule has 4 heteroatoms. The molecule has 2 heterocycles. The maximum absolute atomic E-state index is 5.18. The minimum absolute atomic E-state index is 0.469. The Morgan fingerprint density at radius 1 is 1.40 bits per heavy atom. The number of aromatic nitrogens is 2. The summed E-state index contributed by atoms with van der Waals surface area (Å²) >= 11 is 0. The molecule has 1 saturated heterocycles. The summed E-state index contributed by atoms with van der Waals surface area (Å²) in [7, 11) is 1.73. The summed E-state index contributed by atoms with van der Waals surface area (Å²) < 4.78 is 7.34.